The standard InChI is InChI=1S/C10H20O3.H2S/c1-7(2)5-8(3)9(12)10(4,13)6-11;/h7-8,11,13H,5-6H2,1-4H3;1H2/t8-,10+;/m0./s1. The van der Waals surface area contributed by atoms with Gasteiger partial charge in [-0.1, -0.05) is 20.8 Å². The zero-order valence-corrected chi connectivity index (χ0v) is 10.4. The Hall–Kier alpha value is -0.0600. The summed E-state index contributed by atoms with van der Waals surface area (Å²) < 4.78 is 0. The Balaban J connectivity index is 0. The number of Topliss-reactive ketones (excluding diaryl/α,β-unsaturated/α-hetero) is 1. The van der Waals surface area contributed by atoms with Crippen LogP contribution in [0.1, 0.15) is 34.1 Å². The van der Waals surface area contributed by atoms with Crippen molar-refractivity contribution >= 4 is 19.3 Å². The molecule has 0 rings (SSSR count). The molecule has 0 bridgehead atoms. The minimum absolute atomic E-state index is 0. The molecule has 4 heteroatoms. The molecule has 0 aromatic carbocycles. The number of aliphatic hydroxyl groups is 2. The lowest BCUT2D eigenvalue weighted by Crippen LogP contribution is -2.42. The van der Waals surface area contributed by atoms with Crippen LogP contribution in [0.4, 0.5) is 0 Å². The molecule has 0 fully saturated rings. The minimum Gasteiger partial charge on any atom is -0.393 e. The predicted molar refractivity (Wildman–Crippen MR) is 61.7 cm³/mol. The van der Waals surface area contributed by atoms with Gasteiger partial charge in [-0.25, -0.2) is 0 Å². The van der Waals surface area contributed by atoms with E-state index in [2.05, 4.69) is 0 Å². The molecule has 0 radical (unpaired) electrons. The van der Waals surface area contributed by atoms with Crippen molar-refractivity contribution in [3.8, 4) is 0 Å². The van der Waals surface area contributed by atoms with E-state index in [-0.39, 0.29) is 25.2 Å². The van der Waals surface area contributed by atoms with Crippen molar-refractivity contribution in [3.05, 3.63) is 0 Å². The van der Waals surface area contributed by atoms with Gasteiger partial charge in [-0.2, -0.15) is 13.5 Å². The fraction of sp³-hybridized carbons (Fsp3) is 0.900. The van der Waals surface area contributed by atoms with Crippen LogP contribution in [-0.2, 0) is 4.79 Å². The Morgan fingerprint density at radius 2 is 1.79 bits per heavy atom. The second-order valence-electron chi connectivity index (χ2n) is 4.33. The molecule has 0 spiro atoms. The summed E-state index contributed by atoms with van der Waals surface area (Å²) in [5, 5.41) is 18.3. The van der Waals surface area contributed by atoms with Crippen LogP contribution in [0.15, 0.2) is 0 Å². The fourth-order valence-corrected chi connectivity index (χ4v) is 1.42. The average molecular weight is 222 g/mol. The van der Waals surface area contributed by atoms with E-state index in [1.807, 2.05) is 13.8 Å². The maximum atomic E-state index is 11.5. The Morgan fingerprint density at radius 1 is 1.36 bits per heavy atom. The van der Waals surface area contributed by atoms with E-state index in [0.29, 0.717) is 5.92 Å². The molecule has 2 N–H and O–H groups in total. The first kappa shape index (κ1) is 16.4. The maximum Gasteiger partial charge on any atom is 0.169 e. The van der Waals surface area contributed by atoms with Gasteiger partial charge in [-0.3, -0.25) is 4.79 Å². The number of hydrogen-bond donors (Lipinski definition) is 2. The van der Waals surface area contributed by atoms with Gasteiger partial charge in [-0.15, -0.1) is 0 Å². The predicted octanol–water partition coefficient (Wildman–Crippen LogP) is 1.09. The van der Waals surface area contributed by atoms with E-state index in [1.165, 1.54) is 6.92 Å². The van der Waals surface area contributed by atoms with E-state index in [0.717, 1.165) is 6.42 Å². The quantitative estimate of drug-likeness (QED) is 0.732. The molecule has 0 aliphatic heterocycles. The van der Waals surface area contributed by atoms with Crippen molar-refractivity contribution in [2.45, 2.75) is 39.7 Å². The largest absolute Gasteiger partial charge is 0.393 e. The zero-order valence-electron chi connectivity index (χ0n) is 9.37. The molecule has 3 nitrogen and oxygen atoms in total. The highest BCUT2D eigenvalue weighted by atomic mass is 32.1. The van der Waals surface area contributed by atoms with E-state index < -0.39 is 12.2 Å². The average Bonchev–Trinajstić information content (AvgIpc) is 2.01. The highest BCUT2D eigenvalue weighted by Crippen LogP contribution is 2.18. The Bertz CT molecular complexity index is 178. The van der Waals surface area contributed by atoms with Crippen molar-refractivity contribution in [1.82, 2.24) is 0 Å². The Morgan fingerprint density at radius 3 is 2.07 bits per heavy atom. The summed E-state index contributed by atoms with van der Waals surface area (Å²) in [4.78, 5) is 11.5. The third-order valence-corrected chi connectivity index (χ3v) is 2.11. The van der Waals surface area contributed by atoms with Crippen LogP contribution in [0, 0.1) is 11.8 Å². The van der Waals surface area contributed by atoms with Crippen molar-refractivity contribution < 1.29 is 15.0 Å². The van der Waals surface area contributed by atoms with Crippen LogP contribution in [0.2, 0.25) is 0 Å². The van der Waals surface area contributed by atoms with E-state index in [9.17, 15) is 9.90 Å². The molecule has 0 saturated carbocycles. The first-order valence-corrected chi connectivity index (χ1v) is 4.68. The molecule has 0 amide bonds. The Kier molecular flexibility index (Phi) is 7.52. The van der Waals surface area contributed by atoms with Crippen molar-refractivity contribution in [1.29, 1.82) is 0 Å². The molecule has 0 heterocycles. The van der Waals surface area contributed by atoms with Crippen LogP contribution in [0.3, 0.4) is 0 Å². The van der Waals surface area contributed by atoms with Gasteiger partial charge in [0.2, 0.25) is 0 Å². The van der Waals surface area contributed by atoms with Gasteiger partial charge in [0, 0.05) is 5.92 Å². The normalized spacial score (nSPS) is 17.1. The zero-order chi connectivity index (χ0) is 10.6. The molecule has 14 heavy (non-hydrogen) atoms. The second kappa shape index (κ2) is 6.43. The van der Waals surface area contributed by atoms with E-state index in [4.69, 9.17) is 5.11 Å². The highest BCUT2D eigenvalue weighted by molar-refractivity contribution is 7.59. The van der Waals surface area contributed by atoms with Gasteiger partial charge < -0.3 is 10.2 Å². The molecular weight excluding hydrogens is 200 g/mol. The SMILES string of the molecule is CC(C)C[C@H](C)C(=O)[C@](C)(O)CO.S. The smallest absolute Gasteiger partial charge is 0.169 e. The number of carbonyl (C=O) groups excluding carboxylic acids is 1. The lowest BCUT2D eigenvalue weighted by molar-refractivity contribution is -0.143. The molecule has 2 atom stereocenters. The maximum absolute atomic E-state index is 11.5. The summed E-state index contributed by atoms with van der Waals surface area (Å²) in [6, 6.07) is 0. The molecular formula is C10H22O3S. The second-order valence-corrected chi connectivity index (χ2v) is 4.33. The number of ketones is 1. The van der Waals surface area contributed by atoms with Gasteiger partial charge in [-0.05, 0) is 19.3 Å². The lowest BCUT2D eigenvalue weighted by Gasteiger charge is -2.23. The first-order chi connectivity index (χ1) is 5.81. The molecule has 0 aliphatic rings. The van der Waals surface area contributed by atoms with Gasteiger partial charge in [0.25, 0.3) is 0 Å². The van der Waals surface area contributed by atoms with Gasteiger partial charge in [0.05, 0.1) is 6.61 Å². The molecule has 0 aliphatic carbocycles. The fourth-order valence-electron chi connectivity index (χ4n) is 1.42. The molecule has 0 aromatic rings. The molecule has 86 valence electrons. The van der Waals surface area contributed by atoms with Crippen molar-refractivity contribution in [2.24, 2.45) is 11.8 Å². The Labute approximate surface area is 93.0 Å². The highest BCUT2D eigenvalue weighted by Gasteiger charge is 2.32. The first-order valence-electron chi connectivity index (χ1n) is 4.68. The third-order valence-electron chi connectivity index (χ3n) is 2.11. The molecule has 0 unspecified atom stereocenters. The van der Waals surface area contributed by atoms with Crippen LogP contribution < -0.4 is 0 Å². The van der Waals surface area contributed by atoms with Crippen LogP contribution in [-0.4, -0.2) is 28.2 Å². The number of aliphatic hydroxyl groups excluding tert-OH is 1. The summed E-state index contributed by atoms with van der Waals surface area (Å²) >= 11 is 0. The van der Waals surface area contributed by atoms with Crippen LogP contribution >= 0.6 is 13.5 Å². The summed E-state index contributed by atoms with van der Waals surface area (Å²) in [5.41, 5.74) is -1.58. The third kappa shape index (κ3) is 4.98. The van der Waals surface area contributed by atoms with Gasteiger partial charge >= 0.3 is 0 Å². The van der Waals surface area contributed by atoms with Crippen LogP contribution in [0.5, 0.6) is 0 Å². The van der Waals surface area contributed by atoms with E-state index >= 15 is 0 Å². The summed E-state index contributed by atoms with van der Waals surface area (Å²) in [7, 11) is 0. The van der Waals surface area contributed by atoms with Gasteiger partial charge in [0.15, 0.2) is 5.78 Å². The van der Waals surface area contributed by atoms with Gasteiger partial charge in [0.1, 0.15) is 5.60 Å². The molecule has 0 aromatic heterocycles. The van der Waals surface area contributed by atoms with E-state index in [1.54, 1.807) is 6.92 Å². The monoisotopic (exact) mass is 222 g/mol. The number of rotatable bonds is 5. The molecule has 0 saturated heterocycles. The number of hydrogen-bond acceptors (Lipinski definition) is 3. The topological polar surface area (TPSA) is 57.5 Å². The van der Waals surface area contributed by atoms with Crippen molar-refractivity contribution in [2.75, 3.05) is 6.61 Å². The minimum atomic E-state index is -1.58. The summed E-state index contributed by atoms with van der Waals surface area (Å²) in [5.74, 6) is -0.0423. The summed E-state index contributed by atoms with van der Waals surface area (Å²) in [6.45, 7) is 6.68. The summed E-state index contributed by atoms with van der Waals surface area (Å²) in [6.07, 6.45) is 0.745. The number of carbonyl (C=O) groups is 1. The van der Waals surface area contributed by atoms with Crippen molar-refractivity contribution in [3.63, 3.8) is 0 Å². The lowest BCUT2D eigenvalue weighted by atomic mass is 9.87. The van der Waals surface area contributed by atoms with Crippen LogP contribution in [0.25, 0.3) is 0 Å².